The van der Waals surface area contributed by atoms with Gasteiger partial charge in [-0.15, -0.1) is 0 Å². The predicted molar refractivity (Wildman–Crippen MR) is 57.8 cm³/mol. The highest BCUT2D eigenvalue weighted by molar-refractivity contribution is 7.99. The van der Waals surface area contributed by atoms with Crippen LogP contribution in [0.3, 0.4) is 0 Å². The first-order valence-corrected chi connectivity index (χ1v) is 5.51. The monoisotopic (exact) mass is 197 g/mol. The molecule has 72 valence electrons. The van der Waals surface area contributed by atoms with Crippen LogP contribution in [0, 0.1) is 0 Å². The molecule has 0 bridgehead atoms. The van der Waals surface area contributed by atoms with Gasteiger partial charge in [0.05, 0.1) is 6.10 Å². The van der Waals surface area contributed by atoms with Gasteiger partial charge in [0.2, 0.25) is 0 Å². The van der Waals surface area contributed by atoms with Crippen LogP contribution in [0.4, 0.5) is 0 Å². The lowest BCUT2D eigenvalue weighted by molar-refractivity contribution is 0.204. The fourth-order valence-corrected chi connectivity index (χ4v) is 1.80. The van der Waals surface area contributed by atoms with Crippen molar-refractivity contribution in [1.29, 1.82) is 0 Å². The number of hydrogen-bond acceptors (Lipinski definition) is 3. The Morgan fingerprint density at radius 2 is 2.00 bits per heavy atom. The summed E-state index contributed by atoms with van der Waals surface area (Å²) in [6, 6.07) is 9.70. The molecular formula is C10H15NOS. The standard InChI is InChI=1S/C10H15NOS/c11-6-7-13-8-10(12)9-4-2-1-3-5-9/h1-5,10,12H,6-8,11H2. The summed E-state index contributed by atoms with van der Waals surface area (Å²) in [7, 11) is 0. The summed E-state index contributed by atoms with van der Waals surface area (Å²) < 4.78 is 0. The Hall–Kier alpha value is -0.510. The van der Waals surface area contributed by atoms with Crippen LogP contribution in [-0.4, -0.2) is 23.2 Å². The Kier molecular flexibility index (Phi) is 4.90. The summed E-state index contributed by atoms with van der Waals surface area (Å²) in [4.78, 5) is 0. The number of benzene rings is 1. The van der Waals surface area contributed by atoms with E-state index in [1.807, 2.05) is 30.3 Å². The van der Waals surface area contributed by atoms with Crippen LogP contribution in [0.1, 0.15) is 11.7 Å². The van der Waals surface area contributed by atoms with Crippen LogP contribution < -0.4 is 5.73 Å². The maximum absolute atomic E-state index is 9.69. The molecule has 1 unspecified atom stereocenters. The van der Waals surface area contributed by atoms with Crippen LogP contribution in [-0.2, 0) is 0 Å². The SMILES string of the molecule is NCCSCC(O)c1ccccc1. The summed E-state index contributed by atoms with van der Waals surface area (Å²) in [5.74, 6) is 1.63. The van der Waals surface area contributed by atoms with Crippen molar-refractivity contribution in [3.05, 3.63) is 35.9 Å². The average Bonchev–Trinajstić information content (AvgIpc) is 2.19. The van der Waals surface area contributed by atoms with E-state index >= 15 is 0 Å². The summed E-state index contributed by atoms with van der Waals surface area (Å²) in [5, 5.41) is 9.69. The Morgan fingerprint density at radius 3 is 2.62 bits per heavy atom. The number of aliphatic hydroxyl groups is 1. The maximum Gasteiger partial charge on any atom is 0.0880 e. The van der Waals surface area contributed by atoms with Crippen LogP contribution in [0.5, 0.6) is 0 Å². The number of thioether (sulfide) groups is 1. The summed E-state index contributed by atoms with van der Waals surface area (Å²) in [6.07, 6.45) is -0.363. The molecular weight excluding hydrogens is 182 g/mol. The van der Waals surface area contributed by atoms with Crippen molar-refractivity contribution in [3.8, 4) is 0 Å². The van der Waals surface area contributed by atoms with Gasteiger partial charge in [-0.2, -0.15) is 11.8 Å². The van der Waals surface area contributed by atoms with Gasteiger partial charge in [0.25, 0.3) is 0 Å². The van der Waals surface area contributed by atoms with Crippen LogP contribution >= 0.6 is 11.8 Å². The summed E-state index contributed by atoms with van der Waals surface area (Å²) in [6.45, 7) is 0.673. The molecule has 1 aromatic carbocycles. The van der Waals surface area contributed by atoms with Crippen molar-refractivity contribution >= 4 is 11.8 Å². The van der Waals surface area contributed by atoms with Gasteiger partial charge in [0, 0.05) is 18.1 Å². The lowest BCUT2D eigenvalue weighted by Crippen LogP contribution is -2.05. The molecule has 13 heavy (non-hydrogen) atoms. The minimum absolute atomic E-state index is 0.363. The molecule has 0 aliphatic heterocycles. The largest absolute Gasteiger partial charge is 0.388 e. The van der Waals surface area contributed by atoms with Crippen molar-refractivity contribution in [2.24, 2.45) is 5.73 Å². The molecule has 0 aliphatic carbocycles. The molecule has 2 nitrogen and oxygen atoms in total. The van der Waals surface area contributed by atoms with Gasteiger partial charge in [-0.3, -0.25) is 0 Å². The van der Waals surface area contributed by atoms with E-state index in [9.17, 15) is 5.11 Å². The Labute approximate surface area is 83.1 Å². The van der Waals surface area contributed by atoms with E-state index in [1.54, 1.807) is 11.8 Å². The van der Waals surface area contributed by atoms with Crippen molar-refractivity contribution in [2.45, 2.75) is 6.10 Å². The summed E-state index contributed by atoms with van der Waals surface area (Å²) >= 11 is 1.68. The average molecular weight is 197 g/mol. The molecule has 0 amide bonds. The first-order valence-electron chi connectivity index (χ1n) is 4.35. The van der Waals surface area contributed by atoms with E-state index in [0.717, 1.165) is 17.1 Å². The van der Waals surface area contributed by atoms with Gasteiger partial charge in [0.15, 0.2) is 0 Å². The highest BCUT2D eigenvalue weighted by Crippen LogP contribution is 2.16. The molecule has 0 saturated heterocycles. The molecule has 1 aromatic rings. The van der Waals surface area contributed by atoms with E-state index in [0.29, 0.717) is 6.54 Å². The molecule has 0 aromatic heterocycles. The Morgan fingerprint density at radius 1 is 1.31 bits per heavy atom. The first kappa shape index (κ1) is 10.6. The highest BCUT2D eigenvalue weighted by Gasteiger charge is 2.05. The van der Waals surface area contributed by atoms with Crippen molar-refractivity contribution in [2.75, 3.05) is 18.1 Å². The number of nitrogens with two attached hydrogens (primary N) is 1. The van der Waals surface area contributed by atoms with E-state index in [1.165, 1.54) is 0 Å². The third kappa shape index (κ3) is 3.81. The van der Waals surface area contributed by atoms with Crippen LogP contribution in [0.2, 0.25) is 0 Å². The van der Waals surface area contributed by atoms with E-state index in [4.69, 9.17) is 5.73 Å². The molecule has 1 rings (SSSR count). The van der Waals surface area contributed by atoms with Gasteiger partial charge in [-0.25, -0.2) is 0 Å². The molecule has 0 fully saturated rings. The second-order valence-electron chi connectivity index (χ2n) is 2.79. The molecule has 0 heterocycles. The fourth-order valence-electron chi connectivity index (χ4n) is 1.05. The molecule has 0 radical (unpaired) electrons. The Bertz CT molecular complexity index is 228. The van der Waals surface area contributed by atoms with Crippen LogP contribution in [0.15, 0.2) is 30.3 Å². The van der Waals surface area contributed by atoms with Gasteiger partial charge < -0.3 is 10.8 Å². The third-order valence-corrected chi connectivity index (χ3v) is 2.80. The normalized spacial score (nSPS) is 12.8. The second kappa shape index (κ2) is 6.02. The van der Waals surface area contributed by atoms with Crippen molar-refractivity contribution < 1.29 is 5.11 Å². The van der Waals surface area contributed by atoms with Crippen molar-refractivity contribution in [1.82, 2.24) is 0 Å². The van der Waals surface area contributed by atoms with Crippen molar-refractivity contribution in [3.63, 3.8) is 0 Å². The zero-order valence-electron chi connectivity index (χ0n) is 7.52. The van der Waals surface area contributed by atoms with Gasteiger partial charge in [-0.05, 0) is 5.56 Å². The molecule has 0 saturated carbocycles. The summed E-state index contributed by atoms with van der Waals surface area (Å²) in [5.41, 5.74) is 6.33. The Balaban J connectivity index is 2.35. The highest BCUT2D eigenvalue weighted by atomic mass is 32.2. The number of rotatable bonds is 5. The lowest BCUT2D eigenvalue weighted by Gasteiger charge is -2.09. The predicted octanol–water partition coefficient (Wildman–Crippen LogP) is 1.41. The van der Waals surface area contributed by atoms with Gasteiger partial charge >= 0.3 is 0 Å². The zero-order chi connectivity index (χ0) is 9.52. The van der Waals surface area contributed by atoms with Gasteiger partial charge in [0.1, 0.15) is 0 Å². The van der Waals surface area contributed by atoms with E-state index in [2.05, 4.69) is 0 Å². The smallest absolute Gasteiger partial charge is 0.0880 e. The topological polar surface area (TPSA) is 46.2 Å². The third-order valence-electron chi connectivity index (χ3n) is 1.72. The quantitative estimate of drug-likeness (QED) is 0.702. The number of aliphatic hydroxyl groups excluding tert-OH is 1. The molecule has 0 aliphatic rings. The first-order chi connectivity index (χ1) is 6.34. The maximum atomic E-state index is 9.69. The molecule has 3 N–H and O–H groups in total. The minimum Gasteiger partial charge on any atom is -0.388 e. The van der Waals surface area contributed by atoms with Gasteiger partial charge in [-0.1, -0.05) is 30.3 Å². The molecule has 1 atom stereocenters. The fraction of sp³-hybridized carbons (Fsp3) is 0.400. The lowest BCUT2D eigenvalue weighted by atomic mass is 10.1. The van der Waals surface area contributed by atoms with E-state index < -0.39 is 0 Å². The van der Waals surface area contributed by atoms with E-state index in [-0.39, 0.29) is 6.10 Å². The zero-order valence-corrected chi connectivity index (χ0v) is 8.33. The minimum atomic E-state index is -0.363. The second-order valence-corrected chi connectivity index (χ2v) is 3.94. The molecule has 3 heteroatoms. The number of hydrogen-bond donors (Lipinski definition) is 2. The molecule has 0 spiro atoms. The van der Waals surface area contributed by atoms with Crippen LogP contribution in [0.25, 0.3) is 0 Å².